The average Bonchev–Trinajstić information content (AvgIpc) is 2.62. The molecule has 4 aliphatic carbocycles. The number of nitrogens with zero attached hydrogens (tertiary/aromatic N) is 1. The Kier molecular flexibility index (Phi) is 2.96. The van der Waals surface area contributed by atoms with E-state index in [9.17, 15) is 9.90 Å². The van der Waals surface area contributed by atoms with Crippen molar-refractivity contribution in [2.75, 3.05) is 7.05 Å². The van der Waals surface area contributed by atoms with Gasteiger partial charge in [-0.1, -0.05) is 13.8 Å². The van der Waals surface area contributed by atoms with Gasteiger partial charge < -0.3 is 15.3 Å². The molecule has 5 aliphatic rings. The monoisotopic (exact) mass is 306 g/mol. The molecule has 22 heavy (non-hydrogen) atoms. The lowest BCUT2D eigenvalue weighted by Gasteiger charge is -2.61. The van der Waals surface area contributed by atoms with Crippen LogP contribution in [0.2, 0.25) is 0 Å². The zero-order chi connectivity index (χ0) is 15.9. The van der Waals surface area contributed by atoms with Gasteiger partial charge in [0.05, 0.1) is 17.2 Å². The zero-order valence-corrected chi connectivity index (χ0v) is 14.3. The molecule has 124 valence electrons. The lowest BCUT2D eigenvalue weighted by molar-refractivity contribution is -0.162. The van der Waals surface area contributed by atoms with Crippen LogP contribution in [0.1, 0.15) is 52.9 Å². The Morgan fingerprint density at radius 1 is 1.23 bits per heavy atom. The number of carbonyl (C=O) groups excluding carboxylic acids is 1. The summed E-state index contributed by atoms with van der Waals surface area (Å²) in [6.45, 7) is 6.71. The summed E-state index contributed by atoms with van der Waals surface area (Å²) in [5, 5.41) is 14.1. The van der Waals surface area contributed by atoms with Gasteiger partial charge in [-0.05, 0) is 68.6 Å². The van der Waals surface area contributed by atoms with Gasteiger partial charge in [0, 0.05) is 7.05 Å². The first-order valence-electron chi connectivity index (χ1n) is 9.01. The van der Waals surface area contributed by atoms with Crippen molar-refractivity contribution in [3.05, 3.63) is 0 Å². The molecule has 4 saturated carbocycles. The number of likely N-dealkylation sites (N-methyl/N-ethyl adjacent to an activating group) is 1. The predicted molar refractivity (Wildman–Crippen MR) is 85.3 cm³/mol. The van der Waals surface area contributed by atoms with E-state index >= 15 is 0 Å². The SMILES string of the molecule is CC(C)C1(C)C(C2C3CC4CC2CC(O)(C4)C3)NC(=O)N1C. The predicted octanol–water partition coefficient (Wildman–Crippen LogP) is 2.61. The van der Waals surface area contributed by atoms with Gasteiger partial charge in [0.15, 0.2) is 0 Å². The highest BCUT2D eigenvalue weighted by molar-refractivity contribution is 5.78. The second kappa shape index (κ2) is 4.40. The maximum atomic E-state index is 12.4. The Morgan fingerprint density at radius 3 is 2.32 bits per heavy atom. The molecule has 0 aromatic rings. The molecule has 1 aliphatic heterocycles. The number of rotatable bonds is 2. The number of aliphatic hydroxyl groups is 1. The fraction of sp³-hybridized carbons (Fsp3) is 0.944. The maximum Gasteiger partial charge on any atom is 0.317 e. The van der Waals surface area contributed by atoms with Crippen LogP contribution in [-0.4, -0.2) is 40.3 Å². The van der Waals surface area contributed by atoms with Gasteiger partial charge in [-0.3, -0.25) is 0 Å². The third kappa shape index (κ3) is 1.76. The first-order valence-corrected chi connectivity index (χ1v) is 9.01. The maximum absolute atomic E-state index is 12.4. The lowest BCUT2D eigenvalue weighted by atomic mass is 9.47. The van der Waals surface area contributed by atoms with E-state index in [2.05, 4.69) is 26.1 Å². The molecular formula is C18H30N2O2. The number of hydrogen-bond donors (Lipinski definition) is 2. The van der Waals surface area contributed by atoms with Crippen molar-refractivity contribution in [3.8, 4) is 0 Å². The number of urea groups is 1. The normalized spacial score (nSPS) is 53.5. The summed E-state index contributed by atoms with van der Waals surface area (Å²) in [4.78, 5) is 14.3. The highest BCUT2D eigenvalue weighted by Crippen LogP contribution is 2.60. The quantitative estimate of drug-likeness (QED) is 0.824. The minimum absolute atomic E-state index is 0.0775. The number of amides is 2. The molecule has 0 aromatic carbocycles. The molecule has 1 saturated heterocycles. The van der Waals surface area contributed by atoms with Gasteiger partial charge in [-0.25, -0.2) is 4.79 Å². The smallest absolute Gasteiger partial charge is 0.317 e. The van der Waals surface area contributed by atoms with E-state index in [0.29, 0.717) is 23.7 Å². The summed E-state index contributed by atoms with van der Waals surface area (Å²) in [5.41, 5.74) is -0.518. The van der Waals surface area contributed by atoms with Crippen molar-refractivity contribution in [1.82, 2.24) is 10.2 Å². The van der Waals surface area contributed by atoms with Crippen molar-refractivity contribution in [2.45, 2.75) is 70.1 Å². The van der Waals surface area contributed by atoms with Crippen LogP contribution >= 0.6 is 0 Å². The van der Waals surface area contributed by atoms with Gasteiger partial charge in [0.2, 0.25) is 0 Å². The summed E-state index contributed by atoms with van der Waals surface area (Å²) in [6.07, 6.45) is 5.44. The highest BCUT2D eigenvalue weighted by atomic mass is 16.3. The van der Waals surface area contributed by atoms with E-state index in [0.717, 1.165) is 25.2 Å². The van der Waals surface area contributed by atoms with Crippen LogP contribution < -0.4 is 5.32 Å². The largest absolute Gasteiger partial charge is 0.390 e. The molecule has 4 unspecified atom stereocenters. The van der Waals surface area contributed by atoms with E-state index in [-0.39, 0.29) is 17.6 Å². The Hall–Kier alpha value is -0.770. The summed E-state index contributed by atoms with van der Waals surface area (Å²) in [5.74, 6) is 2.86. The fourth-order valence-electron chi connectivity index (χ4n) is 6.60. The van der Waals surface area contributed by atoms with Crippen LogP contribution in [0, 0.1) is 29.6 Å². The van der Waals surface area contributed by atoms with Crippen LogP contribution in [0.25, 0.3) is 0 Å². The van der Waals surface area contributed by atoms with E-state index in [1.807, 2.05) is 11.9 Å². The molecule has 0 spiro atoms. The summed E-state index contributed by atoms with van der Waals surface area (Å²) >= 11 is 0. The van der Waals surface area contributed by atoms with Crippen molar-refractivity contribution in [1.29, 1.82) is 0 Å². The van der Waals surface area contributed by atoms with E-state index in [1.165, 1.54) is 12.8 Å². The zero-order valence-electron chi connectivity index (χ0n) is 14.3. The van der Waals surface area contributed by atoms with Gasteiger partial charge in [-0.15, -0.1) is 0 Å². The molecule has 1 heterocycles. The minimum atomic E-state index is -0.393. The van der Waals surface area contributed by atoms with Crippen molar-refractivity contribution >= 4 is 6.03 Å². The fourth-order valence-corrected chi connectivity index (χ4v) is 6.60. The van der Waals surface area contributed by atoms with Gasteiger partial charge >= 0.3 is 6.03 Å². The molecule has 5 rings (SSSR count). The number of carbonyl (C=O) groups is 1. The first kappa shape index (κ1) is 14.8. The Morgan fingerprint density at radius 2 is 1.82 bits per heavy atom. The van der Waals surface area contributed by atoms with Gasteiger partial charge in [0.25, 0.3) is 0 Å². The molecule has 0 aromatic heterocycles. The minimum Gasteiger partial charge on any atom is -0.390 e. The van der Waals surface area contributed by atoms with Crippen LogP contribution in [0.4, 0.5) is 4.79 Å². The first-order chi connectivity index (χ1) is 10.2. The summed E-state index contributed by atoms with van der Waals surface area (Å²) < 4.78 is 0. The third-order valence-corrected chi connectivity index (χ3v) is 7.80. The van der Waals surface area contributed by atoms with Crippen molar-refractivity contribution < 1.29 is 9.90 Å². The Bertz CT molecular complexity index is 489. The summed E-state index contributed by atoms with van der Waals surface area (Å²) in [6, 6.07) is 0.303. The molecular weight excluding hydrogens is 276 g/mol. The molecule has 4 heteroatoms. The van der Waals surface area contributed by atoms with Crippen molar-refractivity contribution in [2.24, 2.45) is 29.6 Å². The molecule has 4 bridgehead atoms. The molecule has 2 N–H and O–H groups in total. The van der Waals surface area contributed by atoms with E-state index in [1.54, 1.807) is 0 Å². The van der Waals surface area contributed by atoms with Crippen LogP contribution in [-0.2, 0) is 0 Å². The molecule has 4 nitrogen and oxygen atoms in total. The van der Waals surface area contributed by atoms with Crippen LogP contribution in [0.5, 0.6) is 0 Å². The number of hydrogen-bond acceptors (Lipinski definition) is 2. The second-order valence-electron chi connectivity index (χ2n) is 9.14. The van der Waals surface area contributed by atoms with Crippen LogP contribution in [0.15, 0.2) is 0 Å². The number of nitrogens with one attached hydrogen (secondary N) is 1. The van der Waals surface area contributed by atoms with Gasteiger partial charge in [-0.2, -0.15) is 0 Å². The lowest BCUT2D eigenvalue weighted by Crippen LogP contribution is -2.63. The third-order valence-electron chi connectivity index (χ3n) is 7.80. The summed E-state index contributed by atoms with van der Waals surface area (Å²) in [7, 11) is 1.94. The standard InChI is InChI=1S/C18H30N2O2/c1-10(2)17(3)15(19-16(21)20(17)4)14-12-5-11-6-13(14)9-18(22,7-11)8-12/h10-15,22H,5-9H2,1-4H3,(H,19,21). The molecule has 4 atom stereocenters. The van der Waals surface area contributed by atoms with E-state index in [4.69, 9.17) is 0 Å². The average molecular weight is 306 g/mol. The highest BCUT2D eigenvalue weighted by Gasteiger charge is 2.62. The van der Waals surface area contributed by atoms with Gasteiger partial charge in [0.1, 0.15) is 0 Å². The second-order valence-corrected chi connectivity index (χ2v) is 9.14. The molecule has 2 amide bonds. The Balaban J connectivity index is 1.69. The molecule has 0 radical (unpaired) electrons. The Labute approximate surface area is 133 Å². The van der Waals surface area contributed by atoms with Crippen LogP contribution in [0.3, 0.4) is 0 Å². The topological polar surface area (TPSA) is 52.6 Å². The molecule has 5 fully saturated rings. The van der Waals surface area contributed by atoms with Crippen molar-refractivity contribution in [3.63, 3.8) is 0 Å². The van der Waals surface area contributed by atoms with E-state index < -0.39 is 5.60 Å².